The van der Waals surface area contributed by atoms with E-state index in [1.165, 1.54) is 4.88 Å². The first-order valence-electron chi connectivity index (χ1n) is 12.8. The summed E-state index contributed by atoms with van der Waals surface area (Å²) >= 11 is 1.75. The maximum absolute atomic E-state index is 12.6. The van der Waals surface area contributed by atoms with E-state index in [2.05, 4.69) is 44.8 Å². The van der Waals surface area contributed by atoms with Crippen molar-refractivity contribution in [3.63, 3.8) is 0 Å². The molecule has 35 heavy (non-hydrogen) atoms. The maximum Gasteiger partial charge on any atom is 0.223 e. The number of nitrogens with two attached hydrogens (primary N) is 1. The highest BCUT2D eigenvalue weighted by molar-refractivity contribution is 7.19. The summed E-state index contributed by atoms with van der Waals surface area (Å²) in [5.41, 5.74) is 17.7. The number of rotatable bonds is 11. The summed E-state index contributed by atoms with van der Waals surface area (Å²) < 4.78 is 3.50. The topological polar surface area (TPSA) is 135 Å². The minimum absolute atomic E-state index is 0.0846. The predicted octanol–water partition coefficient (Wildman–Crippen LogP) is 5.89. The Balaban J connectivity index is 1.36. The number of fused-ring (bicyclic) bond motifs is 3. The lowest BCUT2D eigenvalue weighted by Gasteiger charge is -2.26. The van der Waals surface area contributed by atoms with Crippen molar-refractivity contribution in [1.82, 2.24) is 19.9 Å². The first kappa shape index (κ1) is 25.3. The average molecular weight is 497 g/mol. The van der Waals surface area contributed by atoms with E-state index in [4.69, 9.17) is 16.2 Å². The van der Waals surface area contributed by atoms with Crippen LogP contribution in [0.2, 0.25) is 0 Å². The Kier molecular flexibility index (Phi) is 8.46. The first-order valence-corrected chi connectivity index (χ1v) is 13.7. The van der Waals surface area contributed by atoms with Gasteiger partial charge in [-0.05, 0) is 69.4 Å². The summed E-state index contributed by atoms with van der Waals surface area (Å²) in [6.07, 6.45) is 8.68. The molecule has 1 saturated carbocycles. The summed E-state index contributed by atoms with van der Waals surface area (Å²) in [4.78, 5) is 26.2. The molecule has 3 aromatic heterocycles. The van der Waals surface area contributed by atoms with Crippen LogP contribution >= 0.6 is 11.3 Å². The molecule has 3 N–H and O–H groups in total. The van der Waals surface area contributed by atoms with Gasteiger partial charge in [0.1, 0.15) is 11.3 Å². The highest BCUT2D eigenvalue weighted by Crippen LogP contribution is 2.35. The van der Waals surface area contributed by atoms with Crippen molar-refractivity contribution in [3.05, 3.63) is 27.2 Å². The van der Waals surface area contributed by atoms with Crippen molar-refractivity contribution in [2.24, 2.45) is 17.0 Å². The van der Waals surface area contributed by atoms with Crippen molar-refractivity contribution in [3.8, 4) is 0 Å². The van der Waals surface area contributed by atoms with Gasteiger partial charge < -0.3 is 15.6 Å². The zero-order valence-electron chi connectivity index (χ0n) is 20.8. The van der Waals surface area contributed by atoms with Gasteiger partial charge in [-0.2, -0.15) is 0 Å². The van der Waals surface area contributed by atoms with E-state index < -0.39 is 0 Å². The van der Waals surface area contributed by atoms with Crippen LogP contribution in [0.15, 0.2) is 11.2 Å². The quantitative estimate of drug-likeness (QED) is 0.148. The zero-order chi connectivity index (χ0) is 24.8. The number of hydrogen-bond donors (Lipinski definition) is 2. The van der Waals surface area contributed by atoms with Crippen LogP contribution in [-0.4, -0.2) is 33.5 Å². The number of anilines is 1. The van der Waals surface area contributed by atoms with Gasteiger partial charge in [-0.1, -0.05) is 18.5 Å². The van der Waals surface area contributed by atoms with Crippen LogP contribution in [0, 0.1) is 18.8 Å². The second-order valence-corrected chi connectivity index (χ2v) is 10.9. The number of amides is 1. The molecule has 0 bridgehead atoms. The van der Waals surface area contributed by atoms with Gasteiger partial charge in [0.25, 0.3) is 0 Å². The van der Waals surface area contributed by atoms with Crippen LogP contribution in [0.5, 0.6) is 0 Å². The van der Waals surface area contributed by atoms with E-state index in [9.17, 15) is 4.79 Å². The Morgan fingerprint density at radius 1 is 1.29 bits per heavy atom. The van der Waals surface area contributed by atoms with Gasteiger partial charge in [-0.25, -0.2) is 9.97 Å². The van der Waals surface area contributed by atoms with Crippen LogP contribution in [0.1, 0.15) is 69.0 Å². The SMILES string of the molecule is CCCCc1nc2c(N)nc3cc(C)sc3c2n1CCCCNC(=O)C1CCC(CN=[N+]=[N-])CC1. The Bertz CT molecular complexity index is 1220. The number of nitrogen functional groups attached to an aromatic ring is 1. The van der Waals surface area contributed by atoms with Gasteiger partial charge in [0.05, 0.1) is 15.7 Å². The maximum atomic E-state index is 12.6. The van der Waals surface area contributed by atoms with E-state index in [0.717, 1.165) is 91.4 Å². The molecule has 188 valence electrons. The second-order valence-electron chi connectivity index (χ2n) is 9.68. The van der Waals surface area contributed by atoms with Crippen molar-refractivity contribution >= 4 is 44.3 Å². The number of carbonyl (C=O) groups is 1. The van der Waals surface area contributed by atoms with Crippen LogP contribution in [0.4, 0.5) is 5.82 Å². The van der Waals surface area contributed by atoms with Gasteiger partial charge >= 0.3 is 0 Å². The fraction of sp³-hybridized carbons (Fsp3) is 0.640. The van der Waals surface area contributed by atoms with Crippen molar-refractivity contribution in [1.29, 1.82) is 0 Å². The van der Waals surface area contributed by atoms with Gasteiger partial charge in [0.2, 0.25) is 5.91 Å². The monoisotopic (exact) mass is 496 g/mol. The lowest BCUT2D eigenvalue weighted by atomic mass is 9.81. The standard InChI is InChI=1S/C25H36N8OS/c1-3-4-7-20-31-21-22(23-19(30-24(21)26)14-16(2)35-23)33(20)13-6-5-12-28-25(34)18-10-8-17(9-11-18)15-29-32-27/h14,17-18H,3-13,15H2,1-2H3,(H2,26,30)(H,28,34). The van der Waals surface area contributed by atoms with Crippen LogP contribution in [-0.2, 0) is 17.8 Å². The molecular weight excluding hydrogens is 460 g/mol. The molecule has 1 fully saturated rings. The third-order valence-corrected chi connectivity index (χ3v) is 8.11. The third-order valence-electron chi connectivity index (χ3n) is 7.06. The highest BCUT2D eigenvalue weighted by atomic mass is 32.1. The predicted molar refractivity (Wildman–Crippen MR) is 142 cm³/mol. The Labute approximate surface area is 210 Å². The lowest BCUT2D eigenvalue weighted by molar-refractivity contribution is -0.126. The van der Waals surface area contributed by atoms with Crippen LogP contribution < -0.4 is 11.1 Å². The molecule has 0 aliphatic heterocycles. The first-order chi connectivity index (χ1) is 17.0. The molecule has 1 aliphatic carbocycles. The molecule has 0 aromatic carbocycles. The number of aryl methyl sites for hydroxylation is 3. The Hall–Kier alpha value is -2.84. The number of nitrogens with zero attached hydrogens (tertiary/aromatic N) is 6. The normalized spacial score (nSPS) is 18.1. The number of carbonyl (C=O) groups excluding carboxylic acids is 1. The van der Waals surface area contributed by atoms with Crippen LogP contribution in [0.25, 0.3) is 31.7 Å². The van der Waals surface area contributed by atoms with Crippen molar-refractivity contribution < 1.29 is 4.79 Å². The summed E-state index contributed by atoms with van der Waals surface area (Å²) in [5, 5.41) is 6.83. The zero-order valence-corrected chi connectivity index (χ0v) is 21.6. The smallest absolute Gasteiger partial charge is 0.223 e. The molecule has 10 heteroatoms. The number of unbranched alkanes of at least 4 members (excludes halogenated alkanes) is 2. The molecule has 0 spiro atoms. The number of aromatic nitrogens is 3. The third kappa shape index (κ3) is 5.87. The molecule has 0 saturated heterocycles. The number of hydrogen-bond acceptors (Lipinski definition) is 6. The number of nitrogens with one attached hydrogen (secondary N) is 1. The van der Waals surface area contributed by atoms with Gasteiger partial charge in [0, 0.05) is 41.8 Å². The number of imidazole rings is 1. The summed E-state index contributed by atoms with van der Waals surface area (Å²) in [6, 6.07) is 2.10. The fourth-order valence-electron chi connectivity index (χ4n) is 5.12. The van der Waals surface area contributed by atoms with Crippen molar-refractivity contribution in [2.75, 3.05) is 18.8 Å². The highest BCUT2D eigenvalue weighted by Gasteiger charge is 2.25. The average Bonchev–Trinajstić information content (AvgIpc) is 3.41. The van der Waals surface area contributed by atoms with Gasteiger partial charge in [-0.15, -0.1) is 11.3 Å². The van der Waals surface area contributed by atoms with E-state index >= 15 is 0 Å². The molecule has 3 aromatic rings. The molecule has 1 aliphatic rings. The molecule has 0 radical (unpaired) electrons. The number of azide groups is 1. The molecule has 4 rings (SSSR count). The molecule has 1 amide bonds. The Morgan fingerprint density at radius 2 is 2.09 bits per heavy atom. The van der Waals surface area contributed by atoms with E-state index in [1.807, 2.05) is 0 Å². The van der Waals surface area contributed by atoms with Crippen LogP contribution in [0.3, 0.4) is 0 Å². The fourth-order valence-corrected chi connectivity index (χ4v) is 6.13. The van der Waals surface area contributed by atoms with Crippen molar-refractivity contribution in [2.45, 2.75) is 78.2 Å². The molecule has 3 heterocycles. The van der Waals surface area contributed by atoms with E-state index in [1.54, 1.807) is 11.3 Å². The molecule has 0 atom stereocenters. The molecule has 0 unspecified atom stereocenters. The summed E-state index contributed by atoms with van der Waals surface area (Å²) in [6.45, 7) is 6.38. The summed E-state index contributed by atoms with van der Waals surface area (Å²) in [5.74, 6) is 2.25. The van der Waals surface area contributed by atoms with Gasteiger partial charge in [-0.3, -0.25) is 4.79 Å². The van der Waals surface area contributed by atoms with E-state index in [0.29, 0.717) is 24.8 Å². The minimum Gasteiger partial charge on any atom is -0.382 e. The Morgan fingerprint density at radius 3 is 2.83 bits per heavy atom. The lowest BCUT2D eigenvalue weighted by Crippen LogP contribution is -2.34. The van der Waals surface area contributed by atoms with E-state index in [-0.39, 0.29) is 11.8 Å². The number of pyridine rings is 1. The summed E-state index contributed by atoms with van der Waals surface area (Å²) in [7, 11) is 0. The minimum atomic E-state index is 0.0846. The number of thiophene rings is 1. The molecule has 9 nitrogen and oxygen atoms in total. The molecular formula is C25H36N8OS. The largest absolute Gasteiger partial charge is 0.382 e. The van der Waals surface area contributed by atoms with Gasteiger partial charge in [0.15, 0.2) is 5.82 Å². The second kappa shape index (κ2) is 11.7.